The summed E-state index contributed by atoms with van der Waals surface area (Å²) in [4.78, 5) is 0. The van der Waals surface area contributed by atoms with Crippen LogP contribution in [0.2, 0.25) is 0 Å². The van der Waals surface area contributed by atoms with E-state index >= 15 is 0 Å². The van der Waals surface area contributed by atoms with E-state index in [0.29, 0.717) is 0 Å². The van der Waals surface area contributed by atoms with Crippen LogP contribution in [0.25, 0.3) is 0 Å². The molecule has 30 valence electrons. The summed E-state index contributed by atoms with van der Waals surface area (Å²) in [5.41, 5.74) is 0. The molecular formula is C6H5Na. The maximum absolute atomic E-state index is 6.28. The topological polar surface area (TPSA) is 0 Å². The van der Waals surface area contributed by atoms with Crippen molar-refractivity contribution in [1.82, 2.24) is 0 Å². The first kappa shape index (κ1) is 10.2. The second-order valence-electron chi connectivity index (χ2n) is 0.780. The Bertz CT molecular complexity index is 108. The van der Waals surface area contributed by atoms with Crippen molar-refractivity contribution >= 4 is 0 Å². The van der Waals surface area contributed by atoms with E-state index in [1.165, 1.54) is 0 Å². The van der Waals surface area contributed by atoms with Crippen LogP contribution in [0.5, 0.6) is 0 Å². The molecule has 0 aromatic heterocycles. The van der Waals surface area contributed by atoms with Gasteiger partial charge in [-0.1, -0.05) is 6.92 Å². The minimum Gasteiger partial charge on any atom is -0.358 e. The Labute approximate surface area is 67.0 Å². The van der Waals surface area contributed by atoms with E-state index in [4.69, 9.17) is 6.42 Å². The molecule has 0 atom stereocenters. The van der Waals surface area contributed by atoms with Gasteiger partial charge in [-0.25, -0.2) is 5.92 Å². The summed E-state index contributed by atoms with van der Waals surface area (Å²) in [6, 6.07) is 0. The third-order valence-corrected chi connectivity index (χ3v) is 0.328. The van der Waals surface area contributed by atoms with Crippen molar-refractivity contribution in [3.8, 4) is 17.8 Å². The maximum atomic E-state index is 6.28. The first-order valence-electron chi connectivity index (χ1n) is 1.81. The van der Waals surface area contributed by atoms with Crippen molar-refractivity contribution in [2.24, 2.45) is 0 Å². The minimum atomic E-state index is 0. The first-order valence-corrected chi connectivity index (χ1v) is 1.81. The number of hydrogen-bond donors (Lipinski definition) is 0. The molecule has 0 N–H and O–H groups in total. The molecule has 0 saturated carbocycles. The summed E-state index contributed by atoms with van der Waals surface area (Å²) in [6.07, 6.45) is 7.09. The second kappa shape index (κ2) is 9.45. The predicted octanol–water partition coefficient (Wildman–Crippen LogP) is -2.01. The molecule has 0 fully saturated rings. The van der Waals surface area contributed by atoms with Gasteiger partial charge in [0, 0.05) is 0 Å². The molecule has 0 spiro atoms. The molecule has 0 unspecified atom stereocenters. The standard InChI is InChI=1S/C6H5.Na/c1-3-5-6-4-2;/h3H2,1H3;/q-1;+1. The van der Waals surface area contributed by atoms with E-state index in [2.05, 4.69) is 11.8 Å². The zero-order chi connectivity index (χ0) is 4.83. The molecule has 0 aliphatic carbocycles. The van der Waals surface area contributed by atoms with Crippen LogP contribution in [0.3, 0.4) is 0 Å². The van der Waals surface area contributed by atoms with Crippen molar-refractivity contribution in [2.75, 3.05) is 0 Å². The van der Waals surface area contributed by atoms with Crippen molar-refractivity contribution in [3.05, 3.63) is 6.42 Å². The maximum Gasteiger partial charge on any atom is 1.00 e. The van der Waals surface area contributed by atoms with Gasteiger partial charge in [0.15, 0.2) is 0 Å². The Morgan fingerprint density at radius 2 is 2.14 bits per heavy atom. The molecule has 0 aliphatic rings. The Morgan fingerprint density at radius 3 is 2.29 bits per heavy atom. The molecule has 0 rings (SSSR count). The molecule has 0 radical (unpaired) electrons. The summed E-state index contributed by atoms with van der Waals surface area (Å²) in [7, 11) is 0. The monoisotopic (exact) mass is 100 g/mol. The van der Waals surface area contributed by atoms with Gasteiger partial charge in [0.25, 0.3) is 0 Å². The smallest absolute Gasteiger partial charge is 0.358 e. The summed E-state index contributed by atoms with van der Waals surface area (Å²) < 4.78 is 0. The van der Waals surface area contributed by atoms with E-state index in [-0.39, 0.29) is 29.6 Å². The van der Waals surface area contributed by atoms with Gasteiger partial charge in [0.2, 0.25) is 0 Å². The molecule has 1 heteroatoms. The largest absolute Gasteiger partial charge is 1.00 e. The third-order valence-electron chi connectivity index (χ3n) is 0.328. The van der Waals surface area contributed by atoms with Crippen LogP contribution in [0.15, 0.2) is 0 Å². The second-order valence-corrected chi connectivity index (χ2v) is 0.780. The van der Waals surface area contributed by atoms with E-state index < -0.39 is 0 Å². The van der Waals surface area contributed by atoms with Crippen LogP contribution >= 0.6 is 0 Å². The van der Waals surface area contributed by atoms with E-state index in [1.807, 2.05) is 12.8 Å². The van der Waals surface area contributed by atoms with Crippen molar-refractivity contribution in [2.45, 2.75) is 13.3 Å². The van der Waals surface area contributed by atoms with Gasteiger partial charge in [0.1, 0.15) is 0 Å². The minimum absolute atomic E-state index is 0. The van der Waals surface area contributed by atoms with Crippen LogP contribution in [-0.4, -0.2) is 0 Å². The average molecular weight is 100 g/mol. The molecule has 0 heterocycles. The quantitative estimate of drug-likeness (QED) is 0.187. The molecule has 0 saturated heterocycles. The predicted molar refractivity (Wildman–Crippen MR) is 25.2 cm³/mol. The van der Waals surface area contributed by atoms with Crippen LogP contribution in [0.4, 0.5) is 0 Å². The first-order chi connectivity index (χ1) is 2.91. The SMILES string of the molecule is [C-]#CC#CCC.[Na+]. The van der Waals surface area contributed by atoms with Crippen molar-refractivity contribution in [3.63, 3.8) is 0 Å². The van der Waals surface area contributed by atoms with Crippen molar-refractivity contribution < 1.29 is 29.6 Å². The van der Waals surface area contributed by atoms with E-state index in [1.54, 1.807) is 0 Å². The Kier molecular flexibility index (Phi) is 13.7. The Hall–Kier alpha value is 0.120. The summed E-state index contributed by atoms with van der Waals surface area (Å²) in [5.74, 6) is 6.97. The molecular weight excluding hydrogens is 95.1 g/mol. The molecule has 7 heavy (non-hydrogen) atoms. The summed E-state index contributed by atoms with van der Waals surface area (Å²) >= 11 is 0. The number of hydrogen-bond acceptors (Lipinski definition) is 0. The summed E-state index contributed by atoms with van der Waals surface area (Å²) in [5, 5.41) is 0. The van der Waals surface area contributed by atoms with E-state index in [0.717, 1.165) is 6.42 Å². The molecule has 0 aromatic rings. The van der Waals surface area contributed by atoms with Gasteiger partial charge in [-0.15, -0.1) is 0 Å². The summed E-state index contributed by atoms with van der Waals surface area (Å²) in [6.45, 7) is 1.93. The van der Waals surface area contributed by atoms with Crippen molar-refractivity contribution in [1.29, 1.82) is 0 Å². The average Bonchev–Trinajstić information content (AvgIpc) is 1.61. The third kappa shape index (κ3) is 10.7. The molecule has 0 aliphatic heterocycles. The van der Waals surface area contributed by atoms with Gasteiger partial charge >= 0.3 is 29.6 Å². The van der Waals surface area contributed by atoms with Crippen LogP contribution < -0.4 is 29.6 Å². The Morgan fingerprint density at radius 1 is 1.57 bits per heavy atom. The zero-order valence-electron chi connectivity index (χ0n) is 4.71. The fourth-order valence-corrected chi connectivity index (χ4v) is 0.133. The van der Waals surface area contributed by atoms with Gasteiger partial charge in [0.05, 0.1) is 0 Å². The fraction of sp³-hybridized carbons (Fsp3) is 0.333. The van der Waals surface area contributed by atoms with E-state index in [9.17, 15) is 0 Å². The fourth-order valence-electron chi connectivity index (χ4n) is 0.133. The van der Waals surface area contributed by atoms with Crippen LogP contribution in [0, 0.1) is 24.2 Å². The molecule has 0 nitrogen and oxygen atoms in total. The van der Waals surface area contributed by atoms with Gasteiger partial charge in [-0.2, -0.15) is 0 Å². The zero-order valence-corrected chi connectivity index (χ0v) is 6.71. The van der Waals surface area contributed by atoms with Gasteiger partial charge < -0.3 is 6.42 Å². The normalized spacial score (nSPS) is 4.00. The molecule has 0 amide bonds. The van der Waals surface area contributed by atoms with Gasteiger partial charge in [-0.3, -0.25) is 11.8 Å². The number of rotatable bonds is 0. The van der Waals surface area contributed by atoms with Crippen LogP contribution in [0.1, 0.15) is 13.3 Å². The molecule has 0 bridgehead atoms. The van der Waals surface area contributed by atoms with Crippen LogP contribution in [-0.2, 0) is 0 Å². The molecule has 0 aromatic carbocycles. The Balaban J connectivity index is 0. The van der Waals surface area contributed by atoms with Gasteiger partial charge in [-0.05, 0) is 6.42 Å².